The highest BCUT2D eigenvalue weighted by Gasteiger charge is 2.26. The van der Waals surface area contributed by atoms with Crippen LogP contribution in [-0.4, -0.2) is 37.6 Å². The number of carbonyl (C=O) groups is 2. The molecule has 0 aliphatic heterocycles. The second-order valence-corrected chi connectivity index (χ2v) is 6.09. The van der Waals surface area contributed by atoms with Gasteiger partial charge in [0.2, 0.25) is 5.91 Å². The van der Waals surface area contributed by atoms with Crippen LogP contribution in [0.5, 0.6) is 0 Å². The molecule has 0 spiro atoms. The van der Waals surface area contributed by atoms with Gasteiger partial charge < -0.3 is 20.3 Å². The Morgan fingerprint density at radius 1 is 1.19 bits per heavy atom. The summed E-state index contributed by atoms with van der Waals surface area (Å²) < 4.78 is 5.60. The third-order valence-corrected chi connectivity index (χ3v) is 4.24. The van der Waals surface area contributed by atoms with Gasteiger partial charge >= 0.3 is 6.03 Å². The van der Waals surface area contributed by atoms with Crippen LogP contribution in [0.15, 0.2) is 48.7 Å². The lowest BCUT2D eigenvalue weighted by Gasteiger charge is -2.29. The van der Waals surface area contributed by atoms with Gasteiger partial charge in [0, 0.05) is 21.1 Å². The molecule has 7 heteroatoms. The van der Waals surface area contributed by atoms with Crippen molar-refractivity contribution in [3.63, 3.8) is 0 Å². The maximum Gasteiger partial charge on any atom is 0.319 e. The number of pyridine rings is 1. The van der Waals surface area contributed by atoms with Crippen molar-refractivity contribution in [2.45, 2.75) is 19.4 Å². The van der Waals surface area contributed by atoms with Gasteiger partial charge in [-0.15, -0.1) is 0 Å². The minimum atomic E-state index is -0.634. The predicted molar refractivity (Wildman–Crippen MR) is 101 cm³/mol. The number of hydrogen-bond donors (Lipinski definition) is 2. The number of nitrogens with one attached hydrogen (secondary N) is 2. The van der Waals surface area contributed by atoms with Crippen LogP contribution in [0, 0.1) is 0 Å². The summed E-state index contributed by atoms with van der Waals surface area (Å²) >= 11 is 0. The molecule has 1 atom stereocenters. The molecule has 26 heavy (non-hydrogen) atoms. The predicted octanol–water partition coefficient (Wildman–Crippen LogP) is 2.75. The van der Waals surface area contributed by atoms with E-state index < -0.39 is 5.60 Å². The van der Waals surface area contributed by atoms with Gasteiger partial charge in [-0.2, -0.15) is 0 Å². The molecule has 0 saturated carbocycles. The molecule has 1 heterocycles. The number of urea groups is 1. The fraction of sp³-hybridized carbons (Fsp3) is 0.316. The molecule has 0 radical (unpaired) electrons. The van der Waals surface area contributed by atoms with Crippen molar-refractivity contribution >= 4 is 23.4 Å². The first-order valence-corrected chi connectivity index (χ1v) is 8.21. The molecule has 0 aliphatic carbocycles. The summed E-state index contributed by atoms with van der Waals surface area (Å²) in [4.78, 5) is 29.1. The van der Waals surface area contributed by atoms with Crippen LogP contribution >= 0.6 is 0 Å². The number of carbonyl (C=O) groups excluding carboxylic acids is 2. The van der Waals surface area contributed by atoms with Crippen LogP contribution in [0.1, 0.15) is 19.4 Å². The van der Waals surface area contributed by atoms with Gasteiger partial charge in [0.25, 0.3) is 0 Å². The lowest BCUT2D eigenvalue weighted by atomic mass is 9.96. The third-order valence-electron chi connectivity index (χ3n) is 4.24. The van der Waals surface area contributed by atoms with Crippen molar-refractivity contribution < 1.29 is 14.3 Å². The number of benzene rings is 1. The first-order valence-electron chi connectivity index (χ1n) is 8.21. The van der Waals surface area contributed by atoms with Crippen molar-refractivity contribution in [1.82, 2.24) is 10.3 Å². The molecule has 0 bridgehead atoms. The zero-order valence-corrected chi connectivity index (χ0v) is 15.4. The van der Waals surface area contributed by atoms with Crippen molar-refractivity contribution in [3.8, 4) is 0 Å². The van der Waals surface area contributed by atoms with Crippen LogP contribution in [0.4, 0.5) is 16.3 Å². The summed E-state index contributed by atoms with van der Waals surface area (Å²) in [5.74, 6) is 0.398. The summed E-state index contributed by atoms with van der Waals surface area (Å²) in [6.07, 6.45) is 1.50. The quantitative estimate of drug-likeness (QED) is 0.834. The van der Waals surface area contributed by atoms with E-state index in [4.69, 9.17) is 4.74 Å². The fourth-order valence-electron chi connectivity index (χ4n) is 2.33. The van der Waals surface area contributed by atoms with Gasteiger partial charge in [-0.1, -0.05) is 30.3 Å². The Morgan fingerprint density at radius 2 is 1.88 bits per heavy atom. The Kier molecular flexibility index (Phi) is 6.30. The standard InChI is InChI=1S/C19H24N4O3/c1-14(24)23(3)17-11-10-16(12-20-17)22-18(25)21-13-19(2,26-4)15-8-6-5-7-9-15/h5-12H,13H2,1-4H3,(H2,21,22,25). The zero-order valence-electron chi connectivity index (χ0n) is 15.4. The van der Waals surface area contributed by atoms with Gasteiger partial charge in [0.1, 0.15) is 11.4 Å². The van der Waals surface area contributed by atoms with E-state index in [-0.39, 0.29) is 11.9 Å². The summed E-state index contributed by atoms with van der Waals surface area (Å²) in [7, 11) is 3.25. The number of ether oxygens (including phenoxy) is 1. The third kappa shape index (κ3) is 4.80. The molecular weight excluding hydrogens is 332 g/mol. The summed E-state index contributed by atoms with van der Waals surface area (Å²) in [5.41, 5.74) is 0.869. The Morgan fingerprint density at radius 3 is 2.42 bits per heavy atom. The molecule has 7 nitrogen and oxygen atoms in total. The topological polar surface area (TPSA) is 83.6 Å². The SMILES string of the molecule is COC(C)(CNC(=O)Nc1ccc(N(C)C(C)=O)nc1)c1ccccc1. The van der Waals surface area contributed by atoms with Crippen LogP contribution in [0.3, 0.4) is 0 Å². The number of amides is 3. The minimum absolute atomic E-state index is 0.115. The van der Waals surface area contributed by atoms with Gasteiger partial charge in [0.05, 0.1) is 18.4 Å². The van der Waals surface area contributed by atoms with Gasteiger partial charge in [-0.25, -0.2) is 9.78 Å². The van der Waals surface area contributed by atoms with Crippen molar-refractivity contribution in [1.29, 1.82) is 0 Å². The minimum Gasteiger partial charge on any atom is -0.372 e. The molecular formula is C19H24N4O3. The average molecular weight is 356 g/mol. The smallest absolute Gasteiger partial charge is 0.319 e. The first-order chi connectivity index (χ1) is 12.4. The lowest BCUT2D eigenvalue weighted by molar-refractivity contribution is -0.116. The number of methoxy groups -OCH3 is 1. The van der Waals surface area contributed by atoms with E-state index in [0.29, 0.717) is 18.1 Å². The second kappa shape index (κ2) is 8.44. The van der Waals surface area contributed by atoms with E-state index in [1.807, 2.05) is 37.3 Å². The monoisotopic (exact) mass is 356 g/mol. The van der Waals surface area contributed by atoms with Gasteiger partial charge in [0.15, 0.2) is 0 Å². The Balaban J connectivity index is 1.95. The molecule has 2 aromatic rings. The molecule has 1 aromatic heterocycles. The van der Waals surface area contributed by atoms with Crippen molar-refractivity contribution in [3.05, 3.63) is 54.2 Å². The van der Waals surface area contributed by atoms with Crippen molar-refractivity contribution in [2.24, 2.45) is 0 Å². The van der Waals surface area contributed by atoms with E-state index >= 15 is 0 Å². The Hall–Kier alpha value is -2.93. The molecule has 0 fully saturated rings. The number of aromatic nitrogens is 1. The normalized spacial score (nSPS) is 12.8. The van der Waals surface area contributed by atoms with Crippen LogP contribution in [-0.2, 0) is 15.1 Å². The number of anilines is 2. The molecule has 2 N–H and O–H groups in total. The van der Waals surface area contributed by atoms with E-state index in [9.17, 15) is 9.59 Å². The van der Waals surface area contributed by atoms with Crippen LogP contribution in [0.25, 0.3) is 0 Å². The fourth-order valence-corrected chi connectivity index (χ4v) is 2.33. The summed E-state index contributed by atoms with van der Waals surface area (Å²) in [6.45, 7) is 3.68. The maximum absolute atomic E-state index is 12.2. The zero-order chi connectivity index (χ0) is 19.2. The second-order valence-electron chi connectivity index (χ2n) is 6.09. The Labute approximate surface area is 153 Å². The van der Waals surface area contributed by atoms with E-state index in [2.05, 4.69) is 15.6 Å². The molecule has 0 aliphatic rings. The average Bonchev–Trinajstić information content (AvgIpc) is 2.66. The summed E-state index contributed by atoms with van der Waals surface area (Å²) in [5, 5.41) is 5.52. The van der Waals surface area contributed by atoms with Crippen LogP contribution < -0.4 is 15.5 Å². The molecule has 1 unspecified atom stereocenters. The van der Waals surface area contributed by atoms with Crippen molar-refractivity contribution in [2.75, 3.05) is 30.9 Å². The number of hydrogen-bond acceptors (Lipinski definition) is 4. The van der Waals surface area contributed by atoms with Gasteiger partial charge in [-0.05, 0) is 24.6 Å². The summed E-state index contributed by atoms with van der Waals surface area (Å²) in [6, 6.07) is 12.7. The Bertz CT molecular complexity index is 749. The molecule has 3 amide bonds. The van der Waals surface area contributed by atoms with Crippen LogP contribution in [0.2, 0.25) is 0 Å². The highest BCUT2D eigenvalue weighted by molar-refractivity contribution is 5.91. The van der Waals surface area contributed by atoms with Gasteiger partial charge in [-0.3, -0.25) is 4.79 Å². The highest BCUT2D eigenvalue weighted by Crippen LogP contribution is 2.23. The lowest BCUT2D eigenvalue weighted by Crippen LogP contribution is -2.41. The molecule has 138 valence electrons. The molecule has 0 saturated heterocycles. The van der Waals surface area contributed by atoms with E-state index in [1.54, 1.807) is 26.3 Å². The highest BCUT2D eigenvalue weighted by atomic mass is 16.5. The number of nitrogens with zero attached hydrogens (tertiary/aromatic N) is 2. The molecule has 2 rings (SSSR count). The molecule has 1 aromatic carbocycles. The van der Waals surface area contributed by atoms with E-state index in [1.165, 1.54) is 18.0 Å². The largest absolute Gasteiger partial charge is 0.372 e. The number of rotatable bonds is 6. The van der Waals surface area contributed by atoms with E-state index in [0.717, 1.165) is 5.56 Å². The maximum atomic E-state index is 12.2. The first kappa shape index (κ1) is 19.4.